The van der Waals surface area contributed by atoms with E-state index in [9.17, 15) is 4.79 Å². The Balaban J connectivity index is 1.31. The Morgan fingerprint density at radius 1 is 0.865 bits per heavy atom. The lowest BCUT2D eigenvalue weighted by molar-refractivity contribution is 0.0746. The molecule has 0 spiro atoms. The highest BCUT2D eigenvalue weighted by atomic mass is 35.5. The number of carbonyl (C=O) groups excluding carboxylic acids is 1. The first kappa shape index (κ1) is 25.0. The molecule has 1 heterocycles. The van der Waals surface area contributed by atoms with Crippen molar-refractivity contribution < 1.29 is 14.3 Å². The van der Waals surface area contributed by atoms with Gasteiger partial charge >= 0.3 is 0 Å². The van der Waals surface area contributed by atoms with Crippen molar-refractivity contribution in [3.8, 4) is 11.5 Å². The van der Waals surface area contributed by atoms with Crippen LogP contribution in [-0.4, -0.2) is 43.6 Å². The molecule has 4 aromatic carbocycles. The number of carbonyl (C=O) groups is 1. The number of halogens is 1. The Morgan fingerprint density at radius 3 is 2.46 bits per heavy atom. The van der Waals surface area contributed by atoms with Crippen LogP contribution in [0.2, 0.25) is 5.02 Å². The number of hydrogen-bond donors (Lipinski definition) is 0. The fourth-order valence-corrected chi connectivity index (χ4v) is 5.02. The second kappa shape index (κ2) is 11.1. The Bertz CT molecular complexity index is 1410. The molecule has 0 unspecified atom stereocenters. The summed E-state index contributed by atoms with van der Waals surface area (Å²) in [4.78, 5) is 17.7. The van der Waals surface area contributed by atoms with Gasteiger partial charge < -0.3 is 19.3 Å². The Hall–Kier alpha value is -3.70. The van der Waals surface area contributed by atoms with Crippen LogP contribution in [0, 0.1) is 6.92 Å². The number of amides is 1. The number of fused-ring (bicyclic) bond motifs is 1. The van der Waals surface area contributed by atoms with Crippen molar-refractivity contribution in [2.75, 3.05) is 37.7 Å². The molecule has 0 N–H and O–H groups in total. The molecule has 6 heteroatoms. The average molecular weight is 515 g/mol. The normalized spacial score (nSPS) is 13.6. The number of piperazine rings is 1. The van der Waals surface area contributed by atoms with Crippen molar-refractivity contribution in [1.82, 2.24) is 4.90 Å². The highest BCUT2D eigenvalue weighted by Crippen LogP contribution is 2.29. The lowest BCUT2D eigenvalue weighted by atomic mass is 10.1. The van der Waals surface area contributed by atoms with Gasteiger partial charge in [-0.05, 0) is 61.2 Å². The molecule has 0 atom stereocenters. The van der Waals surface area contributed by atoms with E-state index in [1.165, 1.54) is 5.56 Å². The maximum atomic E-state index is 13.4. The SMILES string of the molecule is CCOc1ccc(C(=O)N2CCN(c3cc(Cl)ccc3C)CC2)cc1COc1cccc2ccccc12. The topological polar surface area (TPSA) is 42.0 Å². The number of benzene rings is 4. The molecular formula is C31H31ClN2O3. The minimum Gasteiger partial charge on any atom is -0.493 e. The third-order valence-electron chi connectivity index (χ3n) is 6.82. The predicted molar refractivity (Wildman–Crippen MR) is 150 cm³/mol. The van der Waals surface area contributed by atoms with Crippen LogP contribution in [0.3, 0.4) is 0 Å². The van der Waals surface area contributed by atoms with Gasteiger partial charge in [0.2, 0.25) is 0 Å². The summed E-state index contributed by atoms with van der Waals surface area (Å²) in [5, 5.41) is 2.91. The second-order valence-corrected chi connectivity index (χ2v) is 9.67. The Labute approximate surface area is 223 Å². The van der Waals surface area contributed by atoms with Crippen LogP contribution in [0.5, 0.6) is 11.5 Å². The first-order chi connectivity index (χ1) is 18.0. The highest BCUT2D eigenvalue weighted by Gasteiger charge is 2.24. The predicted octanol–water partition coefficient (Wildman–Crippen LogP) is 6.74. The molecular weight excluding hydrogens is 484 g/mol. The molecule has 0 bridgehead atoms. The number of rotatable bonds is 7. The van der Waals surface area contributed by atoms with E-state index in [1.807, 2.05) is 72.5 Å². The van der Waals surface area contributed by atoms with Crippen molar-refractivity contribution in [3.05, 3.63) is 101 Å². The summed E-state index contributed by atoms with van der Waals surface area (Å²) >= 11 is 6.23. The van der Waals surface area contributed by atoms with Gasteiger partial charge in [0.1, 0.15) is 18.1 Å². The lowest BCUT2D eigenvalue weighted by Gasteiger charge is -2.37. The van der Waals surface area contributed by atoms with Gasteiger partial charge in [0, 0.05) is 53.4 Å². The summed E-state index contributed by atoms with van der Waals surface area (Å²) < 4.78 is 12.1. The molecule has 5 rings (SSSR count). The minimum absolute atomic E-state index is 0.0249. The number of hydrogen-bond acceptors (Lipinski definition) is 4. The molecule has 0 saturated carbocycles. The highest BCUT2D eigenvalue weighted by molar-refractivity contribution is 6.30. The van der Waals surface area contributed by atoms with Crippen LogP contribution in [0.15, 0.2) is 78.9 Å². The first-order valence-corrected chi connectivity index (χ1v) is 13.1. The van der Waals surface area contributed by atoms with Crippen molar-refractivity contribution in [1.29, 1.82) is 0 Å². The lowest BCUT2D eigenvalue weighted by Crippen LogP contribution is -2.49. The Kier molecular flexibility index (Phi) is 7.52. The molecule has 1 amide bonds. The van der Waals surface area contributed by atoms with Crippen LogP contribution >= 0.6 is 11.6 Å². The van der Waals surface area contributed by atoms with Crippen molar-refractivity contribution >= 4 is 34.0 Å². The average Bonchev–Trinajstić information content (AvgIpc) is 2.93. The third kappa shape index (κ3) is 5.52. The maximum absolute atomic E-state index is 13.4. The van der Waals surface area contributed by atoms with Gasteiger partial charge in [0.15, 0.2) is 0 Å². The second-order valence-electron chi connectivity index (χ2n) is 9.23. The van der Waals surface area contributed by atoms with Crippen LogP contribution in [0.1, 0.15) is 28.4 Å². The fraction of sp³-hybridized carbons (Fsp3) is 0.258. The van der Waals surface area contributed by atoms with Crippen LogP contribution < -0.4 is 14.4 Å². The number of nitrogens with zero attached hydrogens (tertiary/aromatic N) is 2. The molecule has 1 aliphatic rings. The van der Waals surface area contributed by atoms with Crippen molar-refractivity contribution in [2.24, 2.45) is 0 Å². The maximum Gasteiger partial charge on any atom is 0.253 e. The zero-order valence-electron chi connectivity index (χ0n) is 21.2. The number of aryl methyl sites for hydroxylation is 1. The molecule has 190 valence electrons. The van der Waals surface area contributed by atoms with Crippen LogP contribution in [0.4, 0.5) is 5.69 Å². The monoisotopic (exact) mass is 514 g/mol. The van der Waals surface area contributed by atoms with Crippen molar-refractivity contribution in [3.63, 3.8) is 0 Å². The first-order valence-electron chi connectivity index (χ1n) is 12.7. The zero-order chi connectivity index (χ0) is 25.8. The van der Waals surface area contributed by atoms with Gasteiger partial charge in [-0.15, -0.1) is 0 Å². The van der Waals surface area contributed by atoms with E-state index in [-0.39, 0.29) is 5.91 Å². The summed E-state index contributed by atoms with van der Waals surface area (Å²) in [5.74, 6) is 1.57. The van der Waals surface area contributed by atoms with Gasteiger partial charge in [0.25, 0.3) is 5.91 Å². The molecule has 4 aromatic rings. The van der Waals surface area contributed by atoms with E-state index in [4.69, 9.17) is 21.1 Å². The summed E-state index contributed by atoms with van der Waals surface area (Å²) in [6.45, 7) is 7.73. The third-order valence-corrected chi connectivity index (χ3v) is 7.05. The largest absolute Gasteiger partial charge is 0.493 e. The fourth-order valence-electron chi connectivity index (χ4n) is 4.85. The molecule has 1 saturated heterocycles. The van der Waals surface area contributed by atoms with E-state index in [0.29, 0.717) is 31.9 Å². The van der Waals surface area contributed by atoms with Crippen LogP contribution in [-0.2, 0) is 6.61 Å². The van der Waals surface area contributed by atoms with E-state index in [0.717, 1.165) is 51.6 Å². The molecule has 0 aromatic heterocycles. The summed E-state index contributed by atoms with van der Waals surface area (Å²) in [6, 6.07) is 25.8. The summed E-state index contributed by atoms with van der Waals surface area (Å²) in [6.07, 6.45) is 0. The smallest absolute Gasteiger partial charge is 0.253 e. The van der Waals surface area contributed by atoms with Gasteiger partial charge in [-0.2, -0.15) is 0 Å². The summed E-state index contributed by atoms with van der Waals surface area (Å²) in [7, 11) is 0. The number of anilines is 1. The van der Waals surface area contributed by atoms with E-state index >= 15 is 0 Å². The summed E-state index contributed by atoms with van der Waals surface area (Å²) in [5.41, 5.74) is 3.82. The molecule has 5 nitrogen and oxygen atoms in total. The van der Waals surface area contributed by atoms with E-state index in [1.54, 1.807) is 0 Å². The van der Waals surface area contributed by atoms with Crippen molar-refractivity contribution in [2.45, 2.75) is 20.5 Å². The van der Waals surface area contributed by atoms with Crippen LogP contribution in [0.25, 0.3) is 10.8 Å². The van der Waals surface area contributed by atoms with E-state index in [2.05, 4.69) is 30.0 Å². The Morgan fingerprint density at radius 2 is 1.65 bits per heavy atom. The van der Waals surface area contributed by atoms with E-state index < -0.39 is 0 Å². The minimum atomic E-state index is 0.0249. The molecule has 0 radical (unpaired) electrons. The molecule has 1 aliphatic heterocycles. The molecule has 0 aliphatic carbocycles. The van der Waals surface area contributed by atoms with Gasteiger partial charge in [-0.3, -0.25) is 4.79 Å². The van der Waals surface area contributed by atoms with Gasteiger partial charge in [-0.25, -0.2) is 0 Å². The number of ether oxygens (including phenoxy) is 2. The zero-order valence-corrected chi connectivity index (χ0v) is 22.0. The quantitative estimate of drug-likeness (QED) is 0.274. The van der Waals surface area contributed by atoms with Gasteiger partial charge in [0.05, 0.1) is 6.61 Å². The standard InChI is InChI=1S/C31H31ClN2O3/c1-3-36-29-14-12-24(19-25(29)21-37-30-10-6-8-23-7-4-5-9-27(23)30)31(35)34-17-15-33(16-18-34)28-20-26(32)13-11-22(28)2/h4-14,19-20H,3,15-18,21H2,1-2H3. The molecule has 1 fully saturated rings. The van der Waals surface area contributed by atoms with Gasteiger partial charge in [-0.1, -0.05) is 54.1 Å². The molecule has 37 heavy (non-hydrogen) atoms.